The topological polar surface area (TPSA) is 20.3 Å². The molecule has 88 valence electrons. The van der Waals surface area contributed by atoms with Gasteiger partial charge in [0.2, 0.25) is 0 Å². The lowest BCUT2D eigenvalue weighted by molar-refractivity contribution is 0.0774. The fourth-order valence-electron chi connectivity index (χ4n) is 1.34. The first-order valence-corrected chi connectivity index (χ1v) is 6.61. The van der Waals surface area contributed by atoms with E-state index in [0.29, 0.717) is 29.6 Å². The molecule has 0 N–H and O–H groups in total. The Kier molecular flexibility index (Phi) is 5.59. The second kappa shape index (κ2) is 6.48. The Morgan fingerprint density at radius 3 is 2.75 bits per heavy atom. The van der Waals surface area contributed by atoms with Crippen molar-refractivity contribution in [1.29, 1.82) is 0 Å². The number of amides is 1. The fourth-order valence-corrected chi connectivity index (χ4v) is 2.12. The molecule has 1 rings (SSSR count). The van der Waals surface area contributed by atoms with Crippen LogP contribution < -0.4 is 0 Å². The van der Waals surface area contributed by atoms with Gasteiger partial charge in [-0.3, -0.25) is 4.79 Å². The number of alkyl halides is 1. The first-order valence-electron chi connectivity index (χ1n) is 4.91. The lowest BCUT2D eigenvalue weighted by atomic mass is 10.2. The summed E-state index contributed by atoms with van der Waals surface area (Å²) in [7, 11) is 0. The standard InChI is InChI=1S/C11H12BrCl2NO/c1-2-15(7-6-13)11(16)8-4-3-5-9(12)10(8)14/h3-5H,2,6-7H2,1H3. The molecule has 0 heterocycles. The number of hydrogen-bond acceptors (Lipinski definition) is 1. The van der Waals surface area contributed by atoms with Crippen LogP contribution in [0.15, 0.2) is 22.7 Å². The highest BCUT2D eigenvalue weighted by Gasteiger charge is 2.17. The van der Waals surface area contributed by atoms with E-state index in [1.165, 1.54) is 0 Å². The maximum atomic E-state index is 12.1. The van der Waals surface area contributed by atoms with E-state index in [0.717, 1.165) is 4.47 Å². The first kappa shape index (κ1) is 13.8. The average Bonchev–Trinajstić information content (AvgIpc) is 2.29. The van der Waals surface area contributed by atoms with Crippen LogP contribution in [0, 0.1) is 0 Å². The van der Waals surface area contributed by atoms with Crippen LogP contribution in [-0.2, 0) is 0 Å². The summed E-state index contributed by atoms with van der Waals surface area (Å²) in [6, 6.07) is 5.31. The van der Waals surface area contributed by atoms with Crippen LogP contribution in [0.4, 0.5) is 0 Å². The zero-order chi connectivity index (χ0) is 12.1. The van der Waals surface area contributed by atoms with Gasteiger partial charge in [-0.1, -0.05) is 17.7 Å². The second-order valence-electron chi connectivity index (χ2n) is 3.18. The van der Waals surface area contributed by atoms with E-state index in [1.807, 2.05) is 6.92 Å². The molecule has 0 unspecified atom stereocenters. The number of benzene rings is 1. The summed E-state index contributed by atoms with van der Waals surface area (Å²) in [5.41, 5.74) is 0.503. The Bertz CT molecular complexity index is 384. The third-order valence-corrected chi connectivity index (χ3v) is 3.67. The van der Waals surface area contributed by atoms with Gasteiger partial charge in [0.05, 0.1) is 10.6 Å². The molecule has 1 amide bonds. The van der Waals surface area contributed by atoms with Crippen LogP contribution in [0.25, 0.3) is 0 Å². The van der Waals surface area contributed by atoms with E-state index in [9.17, 15) is 4.79 Å². The van der Waals surface area contributed by atoms with Crippen molar-refractivity contribution in [2.24, 2.45) is 0 Å². The quantitative estimate of drug-likeness (QED) is 0.771. The molecule has 0 saturated carbocycles. The van der Waals surface area contributed by atoms with Crippen molar-refractivity contribution < 1.29 is 4.79 Å². The van der Waals surface area contributed by atoms with Gasteiger partial charge in [-0.2, -0.15) is 0 Å². The van der Waals surface area contributed by atoms with Gasteiger partial charge in [-0.15, -0.1) is 11.6 Å². The number of hydrogen-bond donors (Lipinski definition) is 0. The molecule has 0 atom stereocenters. The van der Waals surface area contributed by atoms with Crippen molar-refractivity contribution in [3.05, 3.63) is 33.3 Å². The van der Waals surface area contributed by atoms with Crippen molar-refractivity contribution in [3.63, 3.8) is 0 Å². The van der Waals surface area contributed by atoms with Crippen LogP contribution in [0.5, 0.6) is 0 Å². The molecule has 2 nitrogen and oxygen atoms in total. The molecule has 0 bridgehead atoms. The van der Waals surface area contributed by atoms with Gasteiger partial charge in [0.1, 0.15) is 0 Å². The smallest absolute Gasteiger partial charge is 0.255 e. The van der Waals surface area contributed by atoms with Gasteiger partial charge >= 0.3 is 0 Å². The molecule has 0 aliphatic rings. The normalized spacial score (nSPS) is 10.2. The zero-order valence-corrected chi connectivity index (χ0v) is 11.9. The molecule has 5 heteroatoms. The first-order chi connectivity index (χ1) is 7.61. The number of nitrogens with zero attached hydrogens (tertiary/aromatic N) is 1. The second-order valence-corrected chi connectivity index (χ2v) is 4.79. The molecule has 0 spiro atoms. The highest BCUT2D eigenvalue weighted by molar-refractivity contribution is 9.10. The highest BCUT2D eigenvalue weighted by Crippen LogP contribution is 2.26. The van der Waals surface area contributed by atoms with Crippen LogP contribution in [0.1, 0.15) is 17.3 Å². The molecule has 0 aliphatic carbocycles. The Morgan fingerprint density at radius 1 is 1.50 bits per heavy atom. The molecular weight excluding hydrogens is 313 g/mol. The highest BCUT2D eigenvalue weighted by atomic mass is 79.9. The third kappa shape index (κ3) is 3.12. The molecule has 0 radical (unpaired) electrons. The zero-order valence-electron chi connectivity index (χ0n) is 8.84. The minimum Gasteiger partial charge on any atom is -0.338 e. The maximum absolute atomic E-state index is 12.1. The van der Waals surface area contributed by atoms with E-state index in [1.54, 1.807) is 23.1 Å². The monoisotopic (exact) mass is 323 g/mol. The van der Waals surface area contributed by atoms with Gasteiger partial charge in [0.15, 0.2) is 0 Å². The minimum absolute atomic E-state index is 0.0885. The summed E-state index contributed by atoms with van der Waals surface area (Å²) in [5.74, 6) is 0.333. The van der Waals surface area contributed by atoms with Gasteiger partial charge in [-0.05, 0) is 35.0 Å². The van der Waals surface area contributed by atoms with Gasteiger partial charge < -0.3 is 4.90 Å². The van der Waals surface area contributed by atoms with Crippen LogP contribution in [0.3, 0.4) is 0 Å². The fraction of sp³-hybridized carbons (Fsp3) is 0.364. The molecule has 0 fully saturated rings. The van der Waals surface area contributed by atoms with E-state index >= 15 is 0 Å². The molecule has 0 saturated heterocycles. The molecule has 0 aromatic heterocycles. The van der Waals surface area contributed by atoms with Crippen molar-refractivity contribution >= 4 is 45.0 Å². The van der Waals surface area contributed by atoms with Crippen molar-refractivity contribution in [2.45, 2.75) is 6.92 Å². The van der Waals surface area contributed by atoms with Crippen LogP contribution in [-0.4, -0.2) is 29.8 Å². The van der Waals surface area contributed by atoms with E-state index < -0.39 is 0 Å². The molecular formula is C11H12BrCl2NO. The summed E-state index contributed by atoms with van der Waals surface area (Å²) in [6.45, 7) is 3.06. The Hall–Kier alpha value is -0.250. The summed E-state index contributed by atoms with van der Waals surface area (Å²) >= 11 is 15.0. The van der Waals surface area contributed by atoms with Gasteiger partial charge in [0.25, 0.3) is 5.91 Å². The minimum atomic E-state index is -0.0885. The maximum Gasteiger partial charge on any atom is 0.255 e. The Morgan fingerprint density at radius 2 is 2.19 bits per heavy atom. The summed E-state index contributed by atoms with van der Waals surface area (Å²) in [6.07, 6.45) is 0. The molecule has 0 aliphatic heterocycles. The van der Waals surface area contributed by atoms with Crippen LogP contribution >= 0.6 is 39.1 Å². The van der Waals surface area contributed by atoms with Crippen molar-refractivity contribution in [3.8, 4) is 0 Å². The summed E-state index contributed by atoms with van der Waals surface area (Å²) in [4.78, 5) is 13.8. The predicted molar refractivity (Wildman–Crippen MR) is 71.4 cm³/mol. The summed E-state index contributed by atoms with van der Waals surface area (Å²) < 4.78 is 0.724. The SMILES string of the molecule is CCN(CCCl)C(=O)c1cccc(Br)c1Cl. The predicted octanol–water partition coefficient (Wildman–Crippen LogP) is 3.80. The lowest BCUT2D eigenvalue weighted by Gasteiger charge is -2.20. The molecule has 16 heavy (non-hydrogen) atoms. The lowest BCUT2D eigenvalue weighted by Crippen LogP contribution is -2.32. The Balaban J connectivity index is 2.99. The number of halogens is 3. The van der Waals surface area contributed by atoms with E-state index in [-0.39, 0.29) is 5.91 Å². The van der Waals surface area contributed by atoms with Crippen molar-refractivity contribution in [1.82, 2.24) is 4.90 Å². The Labute approximate surface area is 114 Å². The number of carbonyl (C=O) groups excluding carboxylic acids is 1. The number of carbonyl (C=O) groups is 1. The van der Waals surface area contributed by atoms with Gasteiger partial charge in [0, 0.05) is 23.4 Å². The van der Waals surface area contributed by atoms with Crippen LogP contribution in [0.2, 0.25) is 5.02 Å². The van der Waals surface area contributed by atoms with Gasteiger partial charge in [-0.25, -0.2) is 0 Å². The van der Waals surface area contributed by atoms with E-state index in [4.69, 9.17) is 23.2 Å². The largest absolute Gasteiger partial charge is 0.338 e. The van der Waals surface area contributed by atoms with E-state index in [2.05, 4.69) is 15.9 Å². The van der Waals surface area contributed by atoms with Crippen molar-refractivity contribution in [2.75, 3.05) is 19.0 Å². The third-order valence-electron chi connectivity index (χ3n) is 2.21. The average molecular weight is 325 g/mol. The molecule has 1 aromatic carbocycles. The molecule has 1 aromatic rings. The summed E-state index contributed by atoms with van der Waals surface area (Å²) in [5, 5.41) is 0.445. The number of rotatable bonds is 4.